The van der Waals surface area contributed by atoms with E-state index >= 15 is 0 Å². The number of likely N-dealkylation sites (N-methyl/N-ethyl adjacent to an activating group) is 1. The minimum absolute atomic E-state index is 0.111. The number of aromatic nitrogens is 3. The van der Waals surface area contributed by atoms with Crippen molar-refractivity contribution in [3.8, 4) is 5.75 Å². The Hall–Kier alpha value is -2.97. The van der Waals surface area contributed by atoms with Gasteiger partial charge in [0.2, 0.25) is 5.91 Å². The molecule has 0 aliphatic carbocycles. The second-order valence-electron chi connectivity index (χ2n) is 7.83. The molecule has 0 saturated carbocycles. The van der Waals surface area contributed by atoms with E-state index in [9.17, 15) is 4.79 Å². The molecule has 3 aromatic rings. The third kappa shape index (κ3) is 5.80. The van der Waals surface area contributed by atoms with E-state index < -0.39 is 0 Å². The maximum absolute atomic E-state index is 12.4. The highest BCUT2D eigenvalue weighted by molar-refractivity contribution is 5.79. The van der Waals surface area contributed by atoms with Crippen LogP contribution in [0.15, 0.2) is 48.5 Å². The Balaban J connectivity index is 1.23. The highest BCUT2D eigenvalue weighted by atomic mass is 16.5. The summed E-state index contributed by atoms with van der Waals surface area (Å²) < 4.78 is 13.0. The fourth-order valence-corrected chi connectivity index (χ4v) is 3.79. The van der Waals surface area contributed by atoms with Gasteiger partial charge in [0.05, 0.1) is 5.52 Å². The van der Waals surface area contributed by atoms with E-state index in [4.69, 9.17) is 9.47 Å². The molecule has 0 radical (unpaired) electrons. The van der Waals surface area contributed by atoms with Gasteiger partial charge in [-0.05, 0) is 49.7 Å². The van der Waals surface area contributed by atoms with E-state index in [0.717, 1.165) is 54.9 Å². The van der Waals surface area contributed by atoms with E-state index in [0.29, 0.717) is 19.2 Å². The number of carbonyl (C=O) groups excluding carboxylic acids is 1. The number of amides is 1. The lowest BCUT2D eigenvalue weighted by Gasteiger charge is -2.31. The largest absolute Gasteiger partial charge is 0.492 e. The molecule has 8 heteroatoms. The van der Waals surface area contributed by atoms with Gasteiger partial charge in [0, 0.05) is 32.3 Å². The van der Waals surface area contributed by atoms with E-state index in [1.165, 1.54) is 0 Å². The van der Waals surface area contributed by atoms with Gasteiger partial charge in [-0.25, -0.2) is 4.68 Å². The van der Waals surface area contributed by atoms with E-state index in [1.807, 2.05) is 48.5 Å². The Morgan fingerprint density at radius 1 is 1.23 bits per heavy atom. The maximum Gasteiger partial charge on any atom is 0.242 e. The number of rotatable bonds is 9. The van der Waals surface area contributed by atoms with Gasteiger partial charge in [-0.15, -0.1) is 5.10 Å². The monoisotopic (exact) mass is 423 g/mol. The number of hydrogen-bond acceptors (Lipinski definition) is 6. The van der Waals surface area contributed by atoms with Crippen LogP contribution < -0.4 is 10.1 Å². The molecule has 1 fully saturated rings. The Morgan fingerprint density at radius 2 is 2.06 bits per heavy atom. The second-order valence-corrected chi connectivity index (χ2v) is 7.83. The quantitative estimate of drug-likeness (QED) is 0.569. The number of fused-ring (bicyclic) bond motifs is 1. The zero-order chi connectivity index (χ0) is 21.5. The van der Waals surface area contributed by atoms with Gasteiger partial charge in [-0.3, -0.25) is 9.69 Å². The zero-order valence-corrected chi connectivity index (χ0v) is 17.9. The topological polar surface area (TPSA) is 81.5 Å². The van der Waals surface area contributed by atoms with Crippen molar-refractivity contribution in [2.45, 2.75) is 32.0 Å². The summed E-state index contributed by atoms with van der Waals surface area (Å²) in [6.45, 7) is 3.76. The van der Waals surface area contributed by atoms with Gasteiger partial charge in [0.15, 0.2) is 0 Å². The normalized spacial score (nSPS) is 14.8. The van der Waals surface area contributed by atoms with Crippen molar-refractivity contribution in [1.29, 1.82) is 0 Å². The first-order valence-electron chi connectivity index (χ1n) is 10.7. The molecule has 8 nitrogen and oxygen atoms in total. The molecule has 31 heavy (non-hydrogen) atoms. The summed E-state index contributed by atoms with van der Waals surface area (Å²) in [5.41, 5.74) is 2.62. The molecule has 0 spiro atoms. The zero-order valence-electron chi connectivity index (χ0n) is 17.9. The Bertz CT molecular complexity index is 1000. The molecule has 2 aromatic carbocycles. The standard InChI is InChI=1S/C23H29N5O3/c1-27(19-9-12-30-13-10-19)11-14-31-20-6-4-5-18(15-20)16-24-23(29)17-28-22-8-3-2-7-21(22)25-26-28/h2-8,15,19H,9-14,16-17H2,1H3,(H,24,29). The first-order valence-corrected chi connectivity index (χ1v) is 10.7. The van der Waals surface area contributed by atoms with Crippen LogP contribution in [0.25, 0.3) is 11.0 Å². The summed E-state index contributed by atoms with van der Waals surface area (Å²) in [6, 6.07) is 16.0. The minimum Gasteiger partial charge on any atom is -0.492 e. The molecule has 1 saturated heterocycles. The summed E-state index contributed by atoms with van der Waals surface area (Å²) in [4.78, 5) is 14.7. The second kappa shape index (κ2) is 10.4. The van der Waals surface area contributed by atoms with Crippen LogP contribution in [0.3, 0.4) is 0 Å². The average Bonchev–Trinajstić information content (AvgIpc) is 3.21. The molecular weight excluding hydrogens is 394 g/mol. The molecule has 1 aliphatic rings. The molecule has 2 heterocycles. The van der Waals surface area contributed by atoms with Crippen molar-refractivity contribution >= 4 is 16.9 Å². The number of benzene rings is 2. The summed E-state index contributed by atoms with van der Waals surface area (Å²) in [5, 5.41) is 11.1. The highest BCUT2D eigenvalue weighted by Gasteiger charge is 2.18. The molecule has 4 rings (SSSR count). The summed E-state index contributed by atoms with van der Waals surface area (Å²) in [6.07, 6.45) is 2.16. The van der Waals surface area contributed by atoms with Crippen molar-refractivity contribution < 1.29 is 14.3 Å². The number of para-hydroxylation sites is 1. The van der Waals surface area contributed by atoms with Crippen molar-refractivity contribution in [3.63, 3.8) is 0 Å². The minimum atomic E-state index is -0.111. The van der Waals surface area contributed by atoms with Crippen molar-refractivity contribution in [1.82, 2.24) is 25.2 Å². The van der Waals surface area contributed by atoms with Gasteiger partial charge in [-0.1, -0.05) is 29.5 Å². The van der Waals surface area contributed by atoms with Crippen LogP contribution in [0.4, 0.5) is 0 Å². The van der Waals surface area contributed by atoms with Gasteiger partial charge >= 0.3 is 0 Å². The van der Waals surface area contributed by atoms with Crippen LogP contribution in [-0.4, -0.2) is 65.3 Å². The molecule has 0 unspecified atom stereocenters. The molecule has 0 atom stereocenters. The first kappa shape index (κ1) is 21.3. The van der Waals surface area contributed by atoms with Crippen LogP contribution in [0.2, 0.25) is 0 Å². The number of nitrogens with zero attached hydrogens (tertiary/aromatic N) is 4. The predicted molar refractivity (Wildman–Crippen MR) is 118 cm³/mol. The summed E-state index contributed by atoms with van der Waals surface area (Å²) >= 11 is 0. The third-order valence-corrected chi connectivity index (χ3v) is 5.63. The molecule has 1 N–H and O–H groups in total. The first-order chi connectivity index (χ1) is 15.2. The van der Waals surface area contributed by atoms with Crippen LogP contribution in [0.5, 0.6) is 5.75 Å². The van der Waals surface area contributed by atoms with Crippen molar-refractivity contribution in [2.24, 2.45) is 0 Å². The lowest BCUT2D eigenvalue weighted by atomic mass is 10.1. The maximum atomic E-state index is 12.4. The summed E-state index contributed by atoms with van der Waals surface area (Å²) in [5.74, 6) is 0.703. The number of hydrogen-bond donors (Lipinski definition) is 1. The van der Waals surface area contributed by atoms with Gasteiger partial charge in [0.25, 0.3) is 0 Å². The van der Waals surface area contributed by atoms with Gasteiger partial charge < -0.3 is 14.8 Å². The molecule has 1 amide bonds. The van der Waals surface area contributed by atoms with Crippen LogP contribution in [0, 0.1) is 0 Å². The molecule has 0 bridgehead atoms. The molecule has 1 aromatic heterocycles. The fourth-order valence-electron chi connectivity index (χ4n) is 3.79. The number of carbonyl (C=O) groups is 1. The van der Waals surface area contributed by atoms with Crippen molar-refractivity contribution in [2.75, 3.05) is 33.4 Å². The van der Waals surface area contributed by atoms with Crippen LogP contribution in [-0.2, 0) is 22.6 Å². The SMILES string of the molecule is CN(CCOc1cccc(CNC(=O)Cn2nnc3ccccc32)c1)C1CCOCC1. The molecule has 1 aliphatic heterocycles. The highest BCUT2D eigenvalue weighted by Crippen LogP contribution is 2.15. The van der Waals surface area contributed by atoms with Gasteiger partial charge in [-0.2, -0.15) is 0 Å². The molecular formula is C23H29N5O3. The van der Waals surface area contributed by atoms with Crippen LogP contribution in [0.1, 0.15) is 18.4 Å². The average molecular weight is 424 g/mol. The Kier molecular flexibility index (Phi) is 7.11. The third-order valence-electron chi connectivity index (χ3n) is 5.63. The molecule has 164 valence electrons. The lowest BCUT2D eigenvalue weighted by molar-refractivity contribution is -0.121. The Morgan fingerprint density at radius 3 is 2.94 bits per heavy atom. The predicted octanol–water partition coefficient (Wildman–Crippen LogP) is 2.24. The number of ether oxygens (including phenoxy) is 2. The Labute approximate surface area is 182 Å². The fraction of sp³-hybridized carbons (Fsp3) is 0.435. The van der Waals surface area contributed by atoms with Gasteiger partial charge in [0.1, 0.15) is 24.4 Å². The smallest absolute Gasteiger partial charge is 0.242 e. The van der Waals surface area contributed by atoms with Crippen molar-refractivity contribution in [3.05, 3.63) is 54.1 Å². The van der Waals surface area contributed by atoms with E-state index in [2.05, 4.69) is 27.6 Å². The van der Waals surface area contributed by atoms with E-state index in [1.54, 1.807) is 4.68 Å². The van der Waals surface area contributed by atoms with E-state index in [-0.39, 0.29) is 12.5 Å². The number of nitrogens with one attached hydrogen (secondary N) is 1. The summed E-state index contributed by atoms with van der Waals surface area (Å²) in [7, 11) is 2.14. The lowest BCUT2D eigenvalue weighted by Crippen LogP contribution is -2.38. The van der Waals surface area contributed by atoms with Crippen LogP contribution >= 0.6 is 0 Å².